The molecule has 55 heavy (non-hydrogen) atoms. The second-order valence-electron chi connectivity index (χ2n) is 16.1. The zero-order valence-electron chi connectivity index (χ0n) is 35.6. The topological polar surface area (TPSA) is 84.9 Å². The Kier molecular flexibility index (Phi) is 29.9. The average molecular weight is 786 g/mol. The number of aromatic hydroxyl groups is 1. The van der Waals surface area contributed by atoms with Crippen molar-refractivity contribution in [3.63, 3.8) is 0 Å². The summed E-state index contributed by atoms with van der Waals surface area (Å²) in [6.07, 6.45) is 42.3. The summed E-state index contributed by atoms with van der Waals surface area (Å²) in [4.78, 5) is 0.123. The molecule has 2 N–H and O–H groups in total. The standard InChI is InChI=1S/C48H83NO5S/c1-3-5-7-9-11-13-15-17-19-21-23-25-27-29-31-33-41-53-47-40-39-46(55(51,52)49-44-35-37-45(50)38-36-44)43-48(47)54-42-34-32-30-28-26-24-22-20-18-16-14-12-10-8-6-4-2/h35-40,43,49-50H,3-34,41-42H2,1-2H3. The molecule has 0 radical (unpaired) electrons. The minimum absolute atomic E-state index is 0.0820. The van der Waals surface area contributed by atoms with Gasteiger partial charge in [-0.3, -0.25) is 4.72 Å². The molecule has 0 bridgehead atoms. The summed E-state index contributed by atoms with van der Waals surface area (Å²) in [5.74, 6) is 1.16. The predicted octanol–water partition coefficient (Wildman–Crippen LogP) is 15.5. The first-order valence-corrected chi connectivity index (χ1v) is 24.7. The second-order valence-corrected chi connectivity index (χ2v) is 17.7. The number of phenols is 1. The fourth-order valence-electron chi connectivity index (χ4n) is 7.30. The average Bonchev–Trinajstić information content (AvgIpc) is 3.18. The van der Waals surface area contributed by atoms with Crippen LogP contribution in [0.5, 0.6) is 17.2 Å². The van der Waals surface area contributed by atoms with Gasteiger partial charge in [0, 0.05) is 11.8 Å². The largest absolute Gasteiger partial charge is 0.508 e. The smallest absolute Gasteiger partial charge is 0.262 e. The number of sulfonamides is 1. The van der Waals surface area contributed by atoms with Crippen LogP contribution in [0.3, 0.4) is 0 Å². The van der Waals surface area contributed by atoms with Gasteiger partial charge in [-0.1, -0.05) is 206 Å². The number of unbranched alkanes of at least 4 members (excludes halogenated alkanes) is 30. The van der Waals surface area contributed by atoms with Gasteiger partial charge in [-0.2, -0.15) is 0 Å². The van der Waals surface area contributed by atoms with E-state index in [9.17, 15) is 13.5 Å². The summed E-state index contributed by atoms with van der Waals surface area (Å²) in [6, 6.07) is 10.9. The summed E-state index contributed by atoms with van der Waals surface area (Å²) >= 11 is 0. The molecule has 0 saturated heterocycles. The Morgan fingerprint density at radius 2 is 0.764 bits per heavy atom. The van der Waals surface area contributed by atoms with E-state index in [1.807, 2.05) is 0 Å². The van der Waals surface area contributed by atoms with E-state index >= 15 is 0 Å². The van der Waals surface area contributed by atoms with E-state index in [2.05, 4.69) is 18.6 Å². The van der Waals surface area contributed by atoms with Crippen molar-refractivity contribution in [2.45, 2.75) is 224 Å². The van der Waals surface area contributed by atoms with E-state index in [0.29, 0.717) is 30.4 Å². The van der Waals surface area contributed by atoms with Crippen molar-refractivity contribution in [3.8, 4) is 17.2 Å². The molecule has 0 aromatic heterocycles. The molecule has 0 aliphatic rings. The van der Waals surface area contributed by atoms with Crippen molar-refractivity contribution >= 4 is 15.7 Å². The summed E-state index contributed by atoms with van der Waals surface area (Å²) in [6.45, 7) is 5.68. The molecule has 0 heterocycles. The van der Waals surface area contributed by atoms with Crippen LogP contribution in [0, 0.1) is 0 Å². The van der Waals surface area contributed by atoms with Crippen molar-refractivity contribution in [2.24, 2.45) is 0 Å². The molecule has 0 amide bonds. The van der Waals surface area contributed by atoms with E-state index in [1.165, 1.54) is 204 Å². The molecule has 2 rings (SSSR count). The zero-order valence-corrected chi connectivity index (χ0v) is 36.4. The van der Waals surface area contributed by atoms with Gasteiger partial charge in [0.15, 0.2) is 11.5 Å². The highest BCUT2D eigenvalue weighted by Crippen LogP contribution is 2.32. The highest BCUT2D eigenvalue weighted by Gasteiger charge is 2.18. The molecule has 0 unspecified atom stereocenters. The Hall–Kier alpha value is -2.41. The molecule has 316 valence electrons. The van der Waals surface area contributed by atoms with Crippen LogP contribution in [0.1, 0.15) is 219 Å². The van der Waals surface area contributed by atoms with Gasteiger partial charge in [-0.05, 0) is 49.2 Å². The predicted molar refractivity (Wildman–Crippen MR) is 235 cm³/mol. The van der Waals surface area contributed by atoms with Crippen LogP contribution in [0.4, 0.5) is 5.69 Å². The Morgan fingerprint density at radius 3 is 1.13 bits per heavy atom. The van der Waals surface area contributed by atoms with Crippen molar-refractivity contribution in [3.05, 3.63) is 42.5 Å². The summed E-state index contributed by atoms with van der Waals surface area (Å²) in [7, 11) is -3.85. The van der Waals surface area contributed by atoms with Crippen LogP contribution < -0.4 is 14.2 Å². The van der Waals surface area contributed by atoms with Gasteiger partial charge in [0.25, 0.3) is 10.0 Å². The van der Waals surface area contributed by atoms with Gasteiger partial charge < -0.3 is 14.6 Å². The lowest BCUT2D eigenvalue weighted by Crippen LogP contribution is -2.13. The number of ether oxygens (including phenoxy) is 2. The number of rotatable bonds is 39. The Bertz CT molecular complexity index is 1270. The quantitative estimate of drug-likeness (QED) is 0.0521. The minimum Gasteiger partial charge on any atom is -0.508 e. The summed E-state index contributed by atoms with van der Waals surface area (Å²) in [5, 5.41) is 9.59. The van der Waals surface area contributed by atoms with Crippen LogP contribution in [-0.4, -0.2) is 26.7 Å². The minimum atomic E-state index is -3.85. The maximum Gasteiger partial charge on any atom is 0.262 e. The molecule has 2 aromatic carbocycles. The number of benzene rings is 2. The molecule has 0 aliphatic heterocycles. The van der Waals surface area contributed by atoms with Gasteiger partial charge in [-0.25, -0.2) is 8.42 Å². The van der Waals surface area contributed by atoms with Gasteiger partial charge >= 0.3 is 0 Å². The van der Waals surface area contributed by atoms with Crippen LogP contribution in [0.2, 0.25) is 0 Å². The fourth-order valence-corrected chi connectivity index (χ4v) is 8.37. The molecule has 0 fully saturated rings. The fraction of sp³-hybridized carbons (Fsp3) is 0.750. The first kappa shape index (κ1) is 48.7. The van der Waals surface area contributed by atoms with E-state index in [4.69, 9.17) is 9.47 Å². The Balaban J connectivity index is 1.66. The van der Waals surface area contributed by atoms with E-state index < -0.39 is 10.0 Å². The monoisotopic (exact) mass is 786 g/mol. The second kappa shape index (κ2) is 33.7. The molecule has 2 aromatic rings. The maximum atomic E-state index is 13.2. The number of nitrogens with one attached hydrogen (secondary N) is 1. The van der Waals surface area contributed by atoms with Gasteiger partial charge in [0.1, 0.15) is 5.75 Å². The molecule has 0 spiro atoms. The number of hydrogen-bond donors (Lipinski definition) is 2. The molecular formula is C48H83NO5S. The normalized spacial score (nSPS) is 11.6. The van der Waals surface area contributed by atoms with Crippen molar-refractivity contribution in [2.75, 3.05) is 17.9 Å². The lowest BCUT2D eigenvalue weighted by molar-refractivity contribution is 0.257. The highest BCUT2D eigenvalue weighted by molar-refractivity contribution is 7.92. The molecule has 0 saturated carbocycles. The molecular weight excluding hydrogens is 703 g/mol. The van der Waals surface area contributed by atoms with Gasteiger partial charge in [0.2, 0.25) is 0 Å². The highest BCUT2D eigenvalue weighted by atomic mass is 32.2. The van der Waals surface area contributed by atoms with Crippen LogP contribution >= 0.6 is 0 Å². The van der Waals surface area contributed by atoms with E-state index in [-0.39, 0.29) is 10.6 Å². The Morgan fingerprint density at radius 1 is 0.436 bits per heavy atom. The summed E-state index contributed by atoms with van der Waals surface area (Å²) < 4.78 is 41.4. The van der Waals surface area contributed by atoms with Gasteiger partial charge in [0.05, 0.1) is 18.1 Å². The van der Waals surface area contributed by atoms with Crippen LogP contribution in [0.25, 0.3) is 0 Å². The number of phenolic OH excluding ortho intramolecular Hbond substituents is 1. The third kappa shape index (κ3) is 26.2. The van der Waals surface area contributed by atoms with Crippen molar-refractivity contribution in [1.82, 2.24) is 0 Å². The lowest BCUT2D eigenvalue weighted by Gasteiger charge is -2.15. The van der Waals surface area contributed by atoms with Crippen molar-refractivity contribution < 1.29 is 23.0 Å². The number of hydrogen-bond acceptors (Lipinski definition) is 5. The molecule has 0 atom stereocenters. The first-order chi connectivity index (χ1) is 27.0. The van der Waals surface area contributed by atoms with Crippen molar-refractivity contribution in [1.29, 1.82) is 0 Å². The lowest BCUT2D eigenvalue weighted by atomic mass is 10.0. The third-order valence-electron chi connectivity index (χ3n) is 10.9. The van der Waals surface area contributed by atoms with Crippen LogP contribution in [-0.2, 0) is 10.0 Å². The maximum absolute atomic E-state index is 13.2. The number of anilines is 1. The van der Waals surface area contributed by atoms with E-state index in [0.717, 1.165) is 25.7 Å². The summed E-state index contributed by atoms with van der Waals surface area (Å²) in [5.41, 5.74) is 0.386. The first-order valence-electron chi connectivity index (χ1n) is 23.2. The van der Waals surface area contributed by atoms with Crippen LogP contribution in [0.15, 0.2) is 47.4 Å². The SMILES string of the molecule is CCCCCCCCCCCCCCCCCCOc1ccc(S(=O)(=O)Nc2ccc(O)cc2)cc1OCCCCCCCCCCCCCCCCCC. The molecule has 0 aliphatic carbocycles. The van der Waals surface area contributed by atoms with Gasteiger partial charge in [-0.15, -0.1) is 0 Å². The molecule has 6 nitrogen and oxygen atoms in total. The van der Waals surface area contributed by atoms with E-state index in [1.54, 1.807) is 18.2 Å². The zero-order chi connectivity index (χ0) is 39.5. The third-order valence-corrected chi connectivity index (χ3v) is 12.2. The Labute approximate surface area is 339 Å². The molecule has 7 heteroatoms.